The van der Waals surface area contributed by atoms with E-state index in [4.69, 9.17) is 4.42 Å². The van der Waals surface area contributed by atoms with Gasteiger partial charge in [0.05, 0.1) is 5.75 Å². The fourth-order valence-corrected chi connectivity index (χ4v) is 3.52. The number of benzene rings is 1. The van der Waals surface area contributed by atoms with Gasteiger partial charge in [0.25, 0.3) is 5.22 Å². The summed E-state index contributed by atoms with van der Waals surface area (Å²) >= 11 is 1.34. The normalized spacial score (nSPS) is 14.9. The first-order valence-corrected chi connectivity index (χ1v) is 9.07. The van der Waals surface area contributed by atoms with Gasteiger partial charge in [0, 0.05) is 32.4 Å². The van der Waals surface area contributed by atoms with Crippen molar-refractivity contribution in [2.45, 2.75) is 5.22 Å². The van der Waals surface area contributed by atoms with Gasteiger partial charge in [0.2, 0.25) is 5.91 Å². The minimum Gasteiger partial charge on any atom is -0.431 e. The predicted molar refractivity (Wildman–Crippen MR) is 95.6 cm³/mol. The van der Waals surface area contributed by atoms with Crippen molar-refractivity contribution in [2.75, 3.05) is 36.8 Å². The van der Waals surface area contributed by atoms with Crippen molar-refractivity contribution >= 4 is 34.6 Å². The average molecular weight is 355 g/mol. The van der Waals surface area contributed by atoms with Crippen LogP contribution in [0.25, 0.3) is 11.1 Å². The highest BCUT2D eigenvalue weighted by Crippen LogP contribution is 2.23. The number of hydrogen-bond acceptors (Lipinski definition) is 7. The van der Waals surface area contributed by atoms with Crippen LogP contribution < -0.4 is 4.90 Å². The highest BCUT2D eigenvalue weighted by Gasteiger charge is 2.22. The molecule has 3 heterocycles. The number of piperazine rings is 1. The summed E-state index contributed by atoms with van der Waals surface area (Å²) in [5.74, 6) is 1.29. The molecule has 2 aromatic heterocycles. The number of rotatable bonds is 4. The van der Waals surface area contributed by atoms with Crippen LogP contribution in [-0.4, -0.2) is 57.9 Å². The molecule has 0 bridgehead atoms. The van der Waals surface area contributed by atoms with Crippen LogP contribution >= 0.6 is 11.8 Å². The Morgan fingerprint density at radius 1 is 1.12 bits per heavy atom. The maximum absolute atomic E-state index is 12.4. The van der Waals surface area contributed by atoms with E-state index in [9.17, 15) is 4.79 Å². The summed E-state index contributed by atoms with van der Waals surface area (Å²) in [5, 5.41) is 8.55. The monoisotopic (exact) mass is 355 g/mol. The number of anilines is 1. The summed E-state index contributed by atoms with van der Waals surface area (Å²) in [5.41, 5.74) is 1.56. The molecule has 0 saturated carbocycles. The van der Waals surface area contributed by atoms with Gasteiger partial charge in [-0.2, -0.15) is 5.10 Å². The highest BCUT2D eigenvalue weighted by molar-refractivity contribution is 7.99. The van der Waals surface area contributed by atoms with Gasteiger partial charge in [-0.3, -0.25) is 4.79 Å². The number of hydrogen-bond donors (Lipinski definition) is 0. The Balaban J connectivity index is 1.30. The van der Waals surface area contributed by atoms with E-state index in [0.717, 1.165) is 30.0 Å². The molecule has 1 amide bonds. The molecule has 1 saturated heterocycles. The number of para-hydroxylation sites is 2. The minimum atomic E-state index is 0.103. The minimum absolute atomic E-state index is 0.103. The Bertz CT molecular complexity index is 829. The van der Waals surface area contributed by atoms with E-state index >= 15 is 0 Å². The number of oxazole rings is 1. The average Bonchev–Trinajstić information content (AvgIpc) is 3.10. The number of thioether (sulfide) groups is 1. The molecule has 1 aliphatic rings. The topological polar surface area (TPSA) is 75.4 Å². The summed E-state index contributed by atoms with van der Waals surface area (Å²) in [6, 6.07) is 11.4. The van der Waals surface area contributed by atoms with Crippen LogP contribution in [-0.2, 0) is 4.79 Å². The van der Waals surface area contributed by atoms with Gasteiger partial charge in [-0.1, -0.05) is 23.9 Å². The van der Waals surface area contributed by atoms with Crippen LogP contribution in [0.2, 0.25) is 0 Å². The van der Waals surface area contributed by atoms with Crippen molar-refractivity contribution in [2.24, 2.45) is 0 Å². The number of carbonyl (C=O) groups excluding carboxylic acids is 1. The SMILES string of the molecule is O=C(CSc1nc2ccccc2o1)N1CCN(c2cccnn2)CC1. The van der Waals surface area contributed by atoms with Crippen LogP contribution in [0.5, 0.6) is 0 Å². The quantitative estimate of drug-likeness (QED) is 0.663. The van der Waals surface area contributed by atoms with Gasteiger partial charge >= 0.3 is 0 Å². The van der Waals surface area contributed by atoms with Crippen molar-refractivity contribution in [3.8, 4) is 0 Å². The van der Waals surface area contributed by atoms with Gasteiger partial charge in [-0.15, -0.1) is 5.10 Å². The van der Waals surface area contributed by atoms with Crippen LogP contribution in [0, 0.1) is 0 Å². The lowest BCUT2D eigenvalue weighted by Crippen LogP contribution is -2.49. The largest absolute Gasteiger partial charge is 0.431 e. The smallest absolute Gasteiger partial charge is 0.257 e. The molecular formula is C17H17N5O2S. The van der Waals surface area contributed by atoms with Crippen LogP contribution in [0.1, 0.15) is 0 Å². The summed E-state index contributed by atoms with van der Waals surface area (Å²) in [7, 11) is 0. The van der Waals surface area contributed by atoms with Crippen molar-refractivity contribution in [3.63, 3.8) is 0 Å². The Hall–Kier alpha value is -2.61. The molecule has 3 aromatic rings. The molecule has 128 valence electrons. The first-order valence-electron chi connectivity index (χ1n) is 8.08. The molecule has 4 rings (SSSR count). The van der Waals surface area contributed by atoms with Crippen LogP contribution in [0.4, 0.5) is 5.82 Å². The van der Waals surface area contributed by atoms with E-state index < -0.39 is 0 Å². The zero-order chi connectivity index (χ0) is 17.1. The molecule has 0 radical (unpaired) electrons. The molecule has 0 N–H and O–H groups in total. The third-order valence-electron chi connectivity index (χ3n) is 4.11. The zero-order valence-corrected chi connectivity index (χ0v) is 14.4. The molecule has 0 aliphatic carbocycles. The zero-order valence-electron chi connectivity index (χ0n) is 13.5. The lowest BCUT2D eigenvalue weighted by atomic mass is 10.3. The van der Waals surface area contributed by atoms with E-state index in [2.05, 4.69) is 20.1 Å². The number of nitrogens with zero attached hydrogens (tertiary/aromatic N) is 5. The van der Waals surface area contributed by atoms with E-state index in [1.54, 1.807) is 6.20 Å². The molecular weight excluding hydrogens is 338 g/mol. The predicted octanol–water partition coefficient (Wildman–Crippen LogP) is 2.06. The van der Waals surface area contributed by atoms with E-state index in [1.807, 2.05) is 41.3 Å². The van der Waals surface area contributed by atoms with Gasteiger partial charge in [-0.25, -0.2) is 4.98 Å². The third kappa shape index (κ3) is 3.58. The first-order chi connectivity index (χ1) is 12.3. The van der Waals surface area contributed by atoms with Crippen LogP contribution in [0.3, 0.4) is 0 Å². The van der Waals surface area contributed by atoms with Gasteiger partial charge in [-0.05, 0) is 24.3 Å². The Morgan fingerprint density at radius 3 is 2.72 bits per heavy atom. The van der Waals surface area contributed by atoms with Gasteiger partial charge in [0.15, 0.2) is 11.4 Å². The second-order valence-corrected chi connectivity index (χ2v) is 6.61. The van der Waals surface area contributed by atoms with E-state index in [1.165, 1.54) is 11.8 Å². The maximum Gasteiger partial charge on any atom is 0.257 e. The molecule has 0 unspecified atom stereocenters. The summed E-state index contributed by atoms with van der Waals surface area (Å²) < 4.78 is 5.64. The van der Waals surface area contributed by atoms with Crippen LogP contribution in [0.15, 0.2) is 52.2 Å². The van der Waals surface area contributed by atoms with Crippen molar-refractivity contribution < 1.29 is 9.21 Å². The summed E-state index contributed by atoms with van der Waals surface area (Å²) in [6.07, 6.45) is 1.66. The Morgan fingerprint density at radius 2 is 1.96 bits per heavy atom. The first kappa shape index (κ1) is 15.9. The van der Waals surface area contributed by atoms with E-state index in [-0.39, 0.29) is 5.91 Å². The maximum atomic E-state index is 12.4. The third-order valence-corrected chi connectivity index (χ3v) is 4.92. The highest BCUT2D eigenvalue weighted by atomic mass is 32.2. The van der Waals surface area contributed by atoms with Crippen molar-refractivity contribution in [1.82, 2.24) is 20.1 Å². The lowest BCUT2D eigenvalue weighted by Gasteiger charge is -2.35. The lowest BCUT2D eigenvalue weighted by molar-refractivity contribution is -0.128. The number of carbonyl (C=O) groups is 1. The van der Waals surface area contributed by atoms with Crippen molar-refractivity contribution in [3.05, 3.63) is 42.6 Å². The number of aromatic nitrogens is 3. The fraction of sp³-hybridized carbons (Fsp3) is 0.294. The van der Waals surface area contributed by atoms with Crippen molar-refractivity contribution in [1.29, 1.82) is 0 Å². The Kier molecular flexibility index (Phi) is 4.51. The molecule has 0 atom stereocenters. The molecule has 1 fully saturated rings. The van der Waals surface area contributed by atoms with Gasteiger partial charge in [0.1, 0.15) is 5.52 Å². The summed E-state index contributed by atoms with van der Waals surface area (Å²) in [4.78, 5) is 20.8. The standard InChI is InChI=1S/C17H17N5O2S/c23-16(12-25-17-19-13-4-1-2-5-14(13)24-17)22-10-8-21(9-11-22)15-6-3-7-18-20-15/h1-7H,8-12H2. The molecule has 25 heavy (non-hydrogen) atoms. The van der Waals surface area contributed by atoms with E-state index in [0.29, 0.717) is 24.1 Å². The molecule has 1 aliphatic heterocycles. The molecule has 0 spiro atoms. The van der Waals surface area contributed by atoms with Gasteiger partial charge < -0.3 is 14.2 Å². The molecule has 7 nitrogen and oxygen atoms in total. The number of fused-ring (bicyclic) bond motifs is 1. The molecule has 1 aromatic carbocycles. The molecule has 8 heteroatoms. The fourth-order valence-electron chi connectivity index (χ4n) is 2.77. The second kappa shape index (κ2) is 7.10. The Labute approximate surface area is 149 Å². The second-order valence-electron chi connectivity index (χ2n) is 5.69. The summed E-state index contributed by atoms with van der Waals surface area (Å²) in [6.45, 7) is 2.89. The number of amides is 1.